The molecule has 0 aliphatic heterocycles. The molecule has 0 aliphatic carbocycles. The van der Waals surface area contributed by atoms with Crippen molar-refractivity contribution in [1.82, 2.24) is 0 Å². The Morgan fingerprint density at radius 2 is 1.44 bits per heavy atom. The molecule has 6 nitrogen and oxygen atoms in total. The van der Waals surface area contributed by atoms with Crippen LogP contribution in [-0.2, 0) is 10.1 Å². The Morgan fingerprint density at radius 1 is 0.920 bits per heavy atom. The van der Waals surface area contributed by atoms with Gasteiger partial charge >= 0.3 is 22.7 Å². The molecule has 2 N–H and O–H groups in total. The minimum absolute atomic E-state index is 0.371. The van der Waals surface area contributed by atoms with Gasteiger partial charge in [0, 0.05) is 0 Å². The lowest BCUT2D eigenvalue weighted by Gasteiger charge is -2.08. The molecule has 0 fully saturated rings. The molecule has 0 aromatic heterocycles. The van der Waals surface area contributed by atoms with E-state index in [1.54, 1.807) is 31.4 Å². The van der Waals surface area contributed by atoms with E-state index in [2.05, 4.69) is 4.18 Å². The molecule has 0 atom stereocenters. The smallest absolute Gasteiger partial charge is 0.497 e. The van der Waals surface area contributed by atoms with E-state index in [-0.39, 0.29) is 5.75 Å². The Balaban J connectivity index is 0.000000257. The van der Waals surface area contributed by atoms with Gasteiger partial charge in [0.2, 0.25) is 0 Å². The molecule has 0 bridgehead atoms. The first kappa shape index (κ1) is 20.8. The van der Waals surface area contributed by atoms with E-state index in [1.165, 1.54) is 18.2 Å². The predicted octanol–water partition coefficient (Wildman–Crippen LogP) is 1.29. The molecule has 11 heteroatoms. The van der Waals surface area contributed by atoms with Gasteiger partial charge in [-0.25, -0.2) is 0 Å². The van der Waals surface area contributed by atoms with Gasteiger partial charge in [0.1, 0.15) is 11.5 Å². The third kappa shape index (κ3) is 6.65. The lowest BCUT2D eigenvalue weighted by molar-refractivity contribution is -0.0500. The van der Waals surface area contributed by atoms with Gasteiger partial charge in [-0.05, 0) is 29.7 Å². The van der Waals surface area contributed by atoms with Crippen LogP contribution in [0.25, 0.3) is 0 Å². The first-order valence-corrected chi connectivity index (χ1v) is 8.03. The minimum atomic E-state index is -5.55. The van der Waals surface area contributed by atoms with Gasteiger partial charge < -0.3 is 19.0 Å². The van der Waals surface area contributed by atoms with Crippen molar-refractivity contribution in [3.05, 3.63) is 54.6 Å². The summed E-state index contributed by atoms with van der Waals surface area (Å²) in [4.78, 5) is 0. The van der Waals surface area contributed by atoms with Crippen LogP contribution in [0.1, 0.15) is 0 Å². The molecule has 0 saturated heterocycles. The van der Waals surface area contributed by atoms with E-state index >= 15 is 0 Å². The van der Waals surface area contributed by atoms with Gasteiger partial charge in [-0.3, -0.25) is 0 Å². The van der Waals surface area contributed by atoms with Crippen LogP contribution in [0.4, 0.5) is 13.2 Å². The molecule has 0 heterocycles. The first-order valence-electron chi connectivity index (χ1n) is 6.62. The molecule has 0 aliphatic rings. The summed E-state index contributed by atoms with van der Waals surface area (Å²) in [6.07, 6.45) is 0. The quantitative estimate of drug-likeness (QED) is 0.473. The number of rotatable bonds is 4. The van der Waals surface area contributed by atoms with E-state index < -0.39 is 22.7 Å². The van der Waals surface area contributed by atoms with Gasteiger partial charge in [-0.2, -0.15) is 21.6 Å². The topological polar surface area (TPSA) is 93.1 Å². The van der Waals surface area contributed by atoms with Crippen LogP contribution in [0.5, 0.6) is 11.5 Å². The van der Waals surface area contributed by atoms with Crippen molar-refractivity contribution in [3.63, 3.8) is 0 Å². The molecule has 0 saturated carbocycles. The Hall–Kier alpha value is -2.24. The van der Waals surface area contributed by atoms with Gasteiger partial charge in [-0.1, -0.05) is 30.3 Å². The third-order valence-corrected chi connectivity index (χ3v) is 3.63. The second kappa shape index (κ2) is 8.74. The van der Waals surface area contributed by atoms with Crippen LogP contribution < -0.4 is 14.4 Å². The summed E-state index contributed by atoms with van der Waals surface area (Å²) < 4.78 is 65.1. The fourth-order valence-corrected chi connectivity index (χ4v) is 1.88. The van der Waals surface area contributed by atoms with Crippen LogP contribution in [0.3, 0.4) is 0 Å². The van der Waals surface area contributed by atoms with Gasteiger partial charge in [0.15, 0.2) is 0 Å². The maximum absolute atomic E-state index is 11.8. The van der Waals surface area contributed by atoms with Crippen LogP contribution in [0.15, 0.2) is 54.6 Å². The third-order valence-electron chi connectivity index (χ3n) is 2.65. The molecule has 2 aromatic carbocycles. The Morgan fingerprint density at radius 3 is 1.84 bits per heavy atom. The van der Waals surface area contributed by atoms with Gasteiger partial charge in [0.25, 0.3) is 0 Å². The van der Waals surface area contributed by atoms with Crippen molar-refractivity contribution >= 4 is 22.7 Å². The zero-order valence-electron chi connectivity index (χ0n) is 12.8. The van der Waals surface area contributed by atoms with E-state index in [0.717, 1.165) is 12.1 Å². The number of para-hydroxylation sites is 1. The second-order valence-corrected chi connectivity index (χ2v) is 5.98. The van der Waals surface area contributed by atoms with Gasteiger partial charge in [0.05, 0.1) is 7.11 Å². The van der Waals surface area contributed by atoms with Crippen molar-refractivity contribution in [1.29, 1.82) is 0 Å². The van der Waals surface area contributed by atoms with Gasteiger partial charge in [-0.15, -0.1) is 0 Å². The average molecular weight is 378 g/mol. The molecular weight excluding hydrogens is 364 g/mol. The number of halogens is 3. The standard InChI is InChI=1S/C7H9BO3.C7H5F3O3S/c1-11-7-4-2-6(3-5-7)8(9)10;8-7(9,10)14(11,12)13-6-4-2-1-3-5-6/h2-5,9-10H,1H3;1-5H. The van der Waals surface area contributed by atoms with Crippen LogP contribution in [0, 0.1) is 0 Å². The van der Waals surface area contributed by atoms with Crippen molar-refractivity contribution in [3.8, 4) is 11.5 Å². The summed E-state index contributed by atoms with van der Waals surface area (Å²) in [5, 5.41) is 17.4. The normalized spacial score (nSPS) is 11.1. The summed E-state index contributed by atoms with van der Waals surface area (Å²) in [6, 6.07) is 13.0. The molecule has 25 heavy (non-hydrogen) atoms. The maximum Gasteiger partial charge on any atom is 0.534 e. The largest absolute Gasteiger partial charge is 0.534 e. The molecule has 2 rings (SSSR count). The van der Waals surface area contributed by atoms with Crippen molar-refractivity contribution in [2.45, 2.75) is 5.51 Å². The minimum Gasteiger partial charge on any atom is -0.497 e. The number of ether oxygens (including phenoxy) is 1. The van der Waals surface area contributed by atoms with Crippen molar-refractivity contribution in [2.75, 3.05) is 7.11 Å². The molecule has 2 aromatic rings. The van der Waals surface area contributed by atoms with E-state index in [1.807, 2.05) is 0 Å². The molecule has 0 unspecified atom stereocenters. The Labute approximate surface area is 142 Å². The summed E-state index contributed by atoms with van der Waals surface area (Å²) in [7, 11) is -5.39. The SMILES string of the molecule is COc1ccc(B(O)O)cc1.O=S(=O)(Oc1ccccc1)C(F)(F)F. The molecule has 0 spiro atoms. The highest BCUT2D eigenvalue weighted by molar-refractivity contribution is 7.88. The van der Waals surface area contributed by atoms with Crippen molar-refractivity contribution in [2.24, 2.45) is 0 Å². The van der Waals surface area contributed by atoms with Crippen LogP contribution in [0.2, 0.25) is 0 Å². The number of hydrogen-bond acceptors (Lipinski definition) is 6. The number of hydrogen-bond donors (Lipinski definition) is 2. The van der Waals surface area contributed by atoms with E-state index in [4.69, 9.17) is 14.8 Å². The summed E-state index contributed by atoms with van der Waals surface area (Å²) in [6.45, 7) is 0. The average Bonchev–Trinajstić information content (AvgIpc) is 2.55. The first-order chi connectivity index (χ1) is 11.6. The highest BCUT2D eigenvalue weighted by atomic mass is 32.2. The summed E-state index contributed by atoms with van der Waals surface area (Å²) in [5.74, 6) is 0.333. The fraction of sp³-hybridized carbons (Fsp3) is 0.143. The van der Waals surface area contributed by atoms with E-state index in [0.29, 0.717) is 11.2 Å². The monoisotopic (exact) mass is 378 g/mol. The molecule has 0 amide bonds. The zero-order chi connectivity index (χ0) is 19.1. The number of alkyl halides is 3. The summed E-state index contributed by atoms with van der Waals surface area (Å²) in [5.41, 5.74) is -4.94. The lowest BCUT2D eigenvalue weighted by atomic mass is 9.80. The Bertz CT molecular complexity index is 748. The van der Waals surface area contributed by atoms with Crippen molar-refractivity contribution < 1.29 is 40.6 Å². The second-order valence-electron chi connectivity index (χ2n) is 4.44. The zero-order valence-corrected chi connectivity index (χ0v) is 13.7. The maximum atomic E-state index is 11.8. The van der Waals surface area contributed by atoms with Crippen LogP contribution in [-0.4, -0.2) is 38.2 Å². The summed E-state index contributed by atoms with van der Waals surface area (Å²) >= 11 is 0. The molecular formula is C14H14BF3O6S. The number of benzene rings is 2. The Kier molecular flexibility index (Phi) is 7.28. The highest BCUT2D eigenvalue weighted by Crippen LogP contribution is 2.26. The highest BCUT2D eigenvalue weighted by Gasteiger charge is 2.48. The predicted molar refractivity (Wildman–Crippen MR) is 84.9 cm³/mol. The number of methoxy groups -OCH3 is 1. The van der Waals surface area contributed by atoms with E-state index in [9.17, 15) is 21.6 Å². The molecule has 0 radical (unpaired) electrons. The van der Waals surface area contributed by atoms with Crippen LogP contribution >= 0.6 is 0 Å². The lowest BCUT2D eigenvalue weighted by Crippen LogP contribution is -2.29. The molecule has 136 valence electrons. The fourth-order valence-electron chi connectivity index (χ4n) is 1.43.